The number of hydrogen-bond donors (Lipinski definition) is 2. The highest BCUT2D eigenvalue weighted by Gasteiger charge is 2.15. The summed E-state index contributed by atoms with van der Waals surface area (Å²) in [7, 11) is 3.07. The monoisotopic (exact) mass is 436 g/mol. The molecular weight excluding hydrogens is 412 g/mol. The lowest BCUT2D eigenvalue weighted by Gasteiger charge is -2.15. The molecular formula is C23H24N4O5. The van der Waals surface area contributed by atoms with Crippen LogP contribution in [0.2, 0.25) is 0 Å². The van der Waals surface area contributed by atoms with Crippen molar-refractivity contribution < 1.29 is 18.7 Å². The molecule has 0 aliphatic heterocycles. The maximum atomic E-state index is 12.8. The van der Waals surface area contributed by atoms with Crippen LogP contribution in [0.4, 0.5) is 5.82 Å². The van der Waals surface area contributed by atoms with Crippen LogP contribution in [0, 0.1) is 13.8 Å². The number of methoxy groups -OCH3 is 2. The average molecular weight is 436 g/mol. The Morgan fingerprint density at radius 1 is 1.09 bits per heavy atom. The Balaban J connectivity index is 1.61. The largest absolute Gasteiger partial charge is 0.497 e. The Morgan fingerprint density at radius 3 is 2.53 bits per heavy atom. The normalized spacial score (nSPS) is 10.9. The Kier molecular flexibility index (Phi) is 5.98. The van der Waals surface area contributed by atoms with Gasteiger partial charge in [0, 0.05) is 23.8 Å². The number of hydrogen-bond acceptors (Lipinski definition) is 8. The fraction of sp³-hybridized carbons (Fsp3) is 0.261. The minimum Gasteiger partial charge on any atom is -0.497 e. The number of anilines is 1. The Labute approximate surface area is 184 Å². The second kappa shape index (κ2) is 9.01. The molecule has 0 unspecified atom stereocenters. The minimum atomic E-state index is -0.279. The number of ether oxygens (including phenoxy) is 3. The zero-order chi connectivity index (χ0) is 22.7. The molecule has 0 saturated heterocycles. The first-order valence-electron chi connectivity index (χ1n) is 10.0. The number of fused-ring (bicyclic) bond motifs is 1. The summed E-state index contributed by atoms with van der Waals surface area (Å²) < 4.78 is 21.4. The van der Waals surface area contributed by atoms with Crippen LogP contribution < -0.4 is 25.1 Å². The van der Waals surface area contributed by atoms with Crippen LogP contribution >= 0.6 is 0 Å². The Bertz CT molecular complexity index is 1270. The first kappa shape index (κ1) is 21.2. The van der Waals surface area contributed by atoms with Crippen molar-refractivity contribution in [2.45, 2.75) is 13.8 Å². The average Bonchev–Trinajstić information content (AvgIpc) is 3.30. The van der Waals surface area contributed by atoms with E-state index in [-0.39, 0.29) is 5.56 Å². The van der Waals surface area contributed by atoms with Crippen molar-refractivity contribution >= 4 is 16.7 Å². The zero-order valence-corrected chi connectivity index (χ0v) is 18.3. The molecule has 2 heterocycles. The number of aromatic amines is 1. The van der Waals surface area contributed by atoms with Gasteiger partial charge < -0.3 is 29.0 Å². The molecule has 0 atom stereocenters. The molecule has 0 aliphatic rings. The summed E-state index contributed by atoms with van der Waals surface area (Å²) in [5.74, 6) is 2.89. The first-order valence-corrected chi connectivity index (χ1v) is 10.0. The quantitative estimate of drug-likeness (QED) is 0.402. The summed E-state index contributed by atoms with van der Waals surface area (Å²) in [6.45, 7) is 4.96. The molecule has 2 N–H and O–H groups in total. The van der Waals surface area contributed by atoms with Crippen molar-refractivity contribution in [3.05, 3.63) is 58.1 Å². The Morgan fingerprint density at radius 2 is 1.88 bits per heavy atom. The van der Waals surface area contributed by atoms with Crippen molar-refractivity contribution in [3.8, 4) is 28.6 Å². The molecule has 4 rings (SSSR count). The topological polar surface area (TPSA) is 112 Å². The van der Waals surface area contributed by atoms with E-state index in [9.17, 15) is 4.79 Å². The first-order chi connectivity index (χ1) is 15.5. The van der Waals surface area contributed by atoms with E-state index < -0.39 is 0 Å². The lowest BCUT2D eigenvalue weighted by atomic mass is 10.0. The zero-order valence-electron chi connectivity index (χ0n) is 18.3. The van der Waals surface area contributed by atoms with Crippen LogP contribution in [0.3, 0.4) is 0 Å². The summed E-state index contributed by atoms with van der Waals surface area (Å²) in [4.78, 5) is 20.3. The number of benzene rings is 2. The number of nitrogens with one attached hydrogen (secondary N) is 2. The molecule has 0 radical (unpaired) electrons. The van der Waals surface area contributed by atoms with E-state index in [0.717, 1.165) is 22.4 Å². The molecule has 0 fully saturated rings. The SMILES string of the molecule is COc1cc(OC)c2c(=O)[nH]c(-c3cc(C)c(OCCNc4ccon4)c(C)c3)nc2c1. The lowest BCUT2D eigenvalue weighted by Crippen LogP contribution is -2.13. The van der Waals surface area contributed by atoms with Crippen LogP contribution in [0.5, 0.6) is 17.2 Å². The molecule has 0 spiro atoms. The number of aryl methyl sites for hydroxylation is 2. The van der Waals surface area contributed by atoms with Gasteiger partial charge in [0.05, 0.1) is 26.3 Å². The molecule has 4 aromatic rings. The standard InChI is InChI=1S/C23H24N4O5/c1-13-9-15(10-14(2)21(13)31-8-6-24-19-5-7-32-27-19)22-25-17-11-16(29-3)12-18(30-4)20(17)23(28)26-22/h5,7,9-12H,6,8H2,1-4H3,(H,24,27)(H,25,26,28). The van der Waals surface area contributed by atoms with Crippen molar-refractivity contribution in [1.29, 1.82) is 0 Å². The van der Waals surface area contributed by atoms with E-state index in [2.05, 4.69) is 20.4 Å². The van der Waals surface area contributed by atoms with Gasteiger partial charge >= 0.3 is 0 Å². The summed E-state index contributed by atoms with van der Waals surface area (Å²) in [6, 6.07) is 9.00. The molecule has 0 aliphatic carbocycles. The molecule has 166 valence electrons. The van der Waals surface area contributed by atoms with Crippen LogP contribution in [-0.2, 0) is 0 Å². The van der Waals surface area contributed by atoms with Crippen molar-refractivity contribution in [3.63, 3.8) is 0 Å². The summed E-state index contributed by atoms with van der Waals surface area (Å²) in [5.41, 5.74) is 2.88. The van der Waals surface area contributed by atoms with Crippen molar-refractivity contribution in [2.24, 2.45) is 0 Å². The molecule has 9 nitrogen and oxygen atoms in total. The van der Waals surface area contributed by atoms with Crippen LogP contribution in [-0.4, -0.2) is 42.5 Å². The highest BCUT2D eigenvalue weighted by atomic mass is 16.5. The van der Waals surface area contributed by atoms with E-state index in [1.54, 1.807) is 25.3 Å². The van der Waals surface area contributed by atoms with E-state index in [4.69, 9.17) is 18.7 Å². The van der Waals surface area contributed by atoms with Crippen molar-refractivity contribution in [1.82, 2.24) is 15.1 Å². The van der Waals surface area contributed by atoms with Gasteiger partial charge in [-0.25, -0.2) is 4.98 Å². The van der Waals surface area contributed by atoms with Crippen molar-refractivity contribution in [2.75, 3.05) is 32.7 Å². The number of H-pyrrole nitrogens is 1. The highest BCUT2D eigenvalue weighted by Crippen LogP contribution is 2.31. The maximum Gasteiger partial charge on any atom is 0.262 e. The molecule has 0 saturated carbocycles. The number of nitrogens with zero attached hydrogens (tertiary/aromatic N) is 2. The van der Waals surface area contributed by atoms with E-state index in [1.165, 1.54) is 13.4 Å². The van der Waals surface area contributed by atoms with Gasteiger partial charge in [0.2, 0.25) is 0 Å². The van der Waals surface area contributed by atoms with Crippen LogP contribution in [0.25, 0.3) is 22.3 Å². The van der Waals surface area contributed by atoms with Crippen LogP contribution in [0.1, 0.15) is 11.1 Å². The van der Waals surface area contributed by atoms with E-state index in [1.807, 2.05) is 26.0 Å². The third kappa shape index (κ3) is 4.22. The second-order valence-electron chi connectivity index (χ2n) is 7.24. The maximum absolute atomic E-state index is 12.8. The third-order valence-electron chi connectivity index (χ3n) is 5.03. The predicted octanol–water partition coefficient (Wildman–Crippen LogP) is 3.70. The molecule has 32 heavy (non-hydrogen) atoms. The molecule has 2 aromatic carbocycles. The van der Waals surface area contributed by atoms with Gasteiger partial charge in [-0.3, -0.25) is 4.79 Å². The van der Waals surface area contributed by atoms with Gasteiger partial charge in [-0.2, -0.15) is 0 Å². The highest BCUT2D eigenvalue weighted by molar-refractivity contribution is 5.87. The van der Waals surface area contributed by atoms with Gasteiger partial charge in [-0.1, -0.05) is 5.16 Å². The molecule has 0 amide bonds. The van der Waals surface area contributed by atoms with Gasteiger partial charge in [0.1, 0.15) is 41.3 Å². The smallest absolute Gasteiger partial charge is 0.262 e. The summed E-state index contributed by atoms with van der Waals surface area (Å²) in [6.07, 6.45) is 1.51. The Hall–Kier alpha value is -4.01. The van der Waals surface area contributed by atoms with Crippen LogP contribution in [0.15, 0.2) is 45.9 Å². The second-order valence-corrected chi connectivity index (χ2v) is 7.24. The molecule has 9 heteroatoms. The van der Waals surface area contributed by atoms with E-state index in [0.29, 0.717) is 47.2 Å². The lowest BCUT2D eigenvalue weighted by molar-refractivity contribution is 0.328. The van der Waals surface area contributed by atoms with Gasteiger partial charge in [0.15, 0.2) is 5.82 Å². The molecule has 0 bridgehead atoms. The predicted molar refractivity (Wildman–Crippen MR) is 121 cm³/mol. The van der Waals surface area contributed by atoms with Gasteiger partial charge in [-0.15, -0.1) is 0 Å². The fourth-order valence-electron chi connectivity index (χ4n) is 3.58. The third-order valence-corrected chi connectivity index (χ3v) is 5.03. The van der Waals surface area contributed by atoms with E-state index >= 15 is 0 Å². The number of rotatable bonds is 8. The summed E-state index contributed by atoms with van der Waals surface area (Å²) in [5, 5.41) is 7.29. The molecule has 2 aromatic heterocycles. The van der Waals surface area contributed by atoms with Gasteiger partial charge in [0.25, 0.3) is 5.56 Å². The fourth-order valence-corrected chi connectivity index (χ4v) is 3.58. The number of aromatic nitrogens is 3. The summed E-state index contributed by atoms with van der Waals surface area (Å²) >= 11 is 0. The minimum absolute atomic E-state index is 0.279. The van der Waals surface area contributed by atoms with Gasteiger partial charge in [-0.05, 0) is 37.1 Å².